The normalized spacial score (nSPS) is 13.4. The van der Waals surface area contributed by atoms with Crippen molar-refractivity contribution < 1.29 is 24.1 Å². The summed E-state index contributed by atoms with van der Waals surface area (Å²) in [7, 11) is 4.61. The standard InChI is InChI=1S/C15H23NO5/c1-15(18,5-6-19-2)10-16-14(17)11-7-12(20-3)9-13(8-11)21-4/h7-9,18H,5-6,10H2,1-4H3,(H,16,17). The molecule has 0 aromatic heterocycles. The van der Waals surface area contributed by atoms with Gasteiger partial charge in [0, 0.05) is 38.3 Å². The number of carbonyl (C=O) groups excluding carboxylic acids is 1. The molecule has 0 aliphatic heterocycles. The fraction of sp³-hybridized carbons (Fsp3) is 0.533. The largest absolute Gasteiger partial charge is 0.497 e. The molecule has 0 saturated heterocycles. The Labute approximate surface area is 125 Å². The van der Waals surface area contributed by atoms with Crippen LogP contribution in [0.1, 0.15) is 23.7 Å². The monoisotopic (exact) mass is 297 g/mol. The van der Waals surface area contributed by atoms with Gasteiger partial charge in [-0.3, -0.25) is 4.79 Å². The van der Waals surface area contributed by atoms with Gasteiger partial charge in [0.2, 0.25) is 0 Å². The van der Waals surface area contributed by atoms with E-state index in [4.69, 9.17) is 14.2 Å². The lowest BCUT2D eigenvalue weighted by molar-refractivity contribution is 0.0243. The van der Waals surface area contributed by atoms with Gasteiger partial charge in [0.25, 0.3) is 5.91 Å². The van der Waals surface area contributed by atoms with E-state index in [2.05, 4.69) is 5.32 Å². The fourth-order valence-electron chi connectivity index (χ4n) is 1.72. The molecule has 0 spiro atoms. The topological polar surface area (TPSA) is 77.0 Å². The highest BCUT2D eigenvalue weighted by molar-refractivity contribution is 5.95. The Balaban J connectivity index is 2.71. The molecule has 0 bridgehead atoms. The number of aliphatic hydroxyl groups is 1. The number of benzene rings is 1. The molecule has 6 nitrogen and oxygen atoms in total. The predicted molar refractivity (Wildman–Crippen MR) is 79.0 cm³/mol. The summed E-state index contributed by atoms with van der Waals surface area (Å²) in [6.07, 6.45) is 0.436. The van der Waals surface area contributed by atoms with Crippen LogP contribution in [0.2, 0.25) is 0 Å². The van der Waals surface area contributed by atoms with E-state index in [0.717, 1.165) is 0 Å². The zero-order valence-corrected chi connectivity index (χ0v) is 12.9. The maximum atomic E-state index is 12.1. The molecule has 1 atom stereocenters. The second kappa shape index (κ2) is 7.85. The number of ether oxygens (including phenoxy) is 3. The third kappa shape index (κ3) is 5.61. The van der Waals surface area contributed by atoms with E-state index in [-0.39, 0.29) is 12.5 Å². The first kappa shape index (κ1) is 17.3. The minimum atomic E-state index is -1.02. The van der Waals surface area contributed by atoms with Crippen LogP contribution in [-0.2, 0) is 4.74 Å². The predicted octanol–water partition coefficient (Wildman–Crippen LogP) is 1.22. The minimum Gasteiger partial charge on any atom is -0.497 e. The fourth-order valence-corrected chi connectivity index (χ4v) is 1.72. The van der Waals surface area contributed by atoms with Crippen molar-refractivity contribution in [1.29, 1.82) is 0 Å². The van der Waals surface area contributed by atoms with Crippen molar-refractivity contribution in [3.8, 4) is 11.5 Å². The summed E-state index contributed by atoms with van der Waals surface area (Å²) in [5, 5.41) is 12.8. The number of nitrogens with one attached hydrogen (secondary N) is 1. The maximum absolute atomic E-state index is 12.1. The highest BCUT2D eigenvalue weighted by Gasteiger charge is 2.21. The van der Waals surface area contributed by atoms with Gasteiger partial charge in [0.05, 0.1) is 19.8 Å². The summed E-state index contributed by atoms with van der Waals surface area (Å²) in [6, 6.07) is 4.91. The Hall–Kier alpha value is -1.79. The molecule has 2 N–H and O–H groups in total. The molecule has 118 valence electrons. The Kier molecular flexibility index (Phi) is 6.45. The summed E-state index contributed by atoms with van der Waals surface area (Å²) >= 11 is 0. The van der Waals surface area contributed by atoms with Crippen LogP contribution in [-0.4, -0.2) is 51.1 Å². The third-order valence-electron chi connectivity index (χ3n) is 3.09. The molecule has 21 heavy (non-hydrogen) atoms. The molecule has 0 saturated carbocycles. The van der Waals surface area contributed by atoms with Crippen LogP contribution in [0.3, 0.4) is 0 Å². The summed E-state index contributed by atoms with van der Waals surface area (Å²) < 4.78 is 15.2. The molecule has 6 heteroatoms. The quantitative estimate of drug-likeness (QED) is 0.754. The Morgan fingerprint density at radius 1 is 1.19 bits per heavy atom. The van der Waals surface area contributed by atoms with E-state index in [1.165, 1.54) is 14.2 Å². The van der Waals surface area contributed by atoms with Gasteiger partial charge in [-0.1, -0.05) is 0 Å². The average molecular weight is 297 g/mol. The highest BCUT2D eigenvalue weighted by atomic mass is 16.5. The van der Waals surface area contributed by atoms with Gasteiger partial charge in [-0.25, -0.2) is 0 Å². The van der Waals surface area contributed by atoms with Crippen molar-refractivity contribution in [2.24, 2.45) is 0 Å². The second-order valence-corrected chi connectivity index (χ2v) is 5.02. The van der Waals surface area contributed by atoms with E-state index < -0.39 is 5.60 Å². The van der Waals surface area contributed by atoms with Gasteiger partial charge in [0.1, 0.15) is 11.5 Å². The lowest BCUT2D eigenvalue weighted by Gasteiger charge is -2.23. The van der Waals surface area contributed by atoms with Crippen LogP contribution in [0.25, 0.3) is 0 Å². The molecule has 1 unspecified atom stereocenters. The van der Waals surface area contributed by atoms with Gasteiger partial charge in [-0.05, 0) is 19.1 Å². The highest BCUT2D eigenvalue weighted by Crippen LogP contribution is 2.22. The summed E-state index contributed by atoms with van der Waals surface area (Å²) in [6.45, 7) is 2.21. The molecule has 1 aromatic carbocycles. The van der Waals surface area contributed by atoms with E-state index in [1.807, 2.05) is 0 Å². The van der Waals surface area contributed by atoms with Gasteiger partial charge >= 0.3 is 0 Å². The van der Waals surface area contributed by atoms with Gasteiger partial charge in [-0.15, -0.1) is 0 Å². The maximum Gasteiger partial charge on any atom is 0.251 e. The SMILES string of the molecule is COCCC(C)(O)CNC(=O)c1cc(OC)cc(OC)c1. The molecule has 1 aromatic rings. The van der Waals surface area contributed by atoms with Crippen molar-refractivity contribution >= 4 is 5.91 Å². The van der Waals surface area contributed by atoms with Crippen molar-refractivity contribution in [2.45, 2.75) is 18.9 Å². The number of rotatable bonds is 8. The average Bonchev–Trinajstić information content (AvgIpc) is 2.50. The van der Waals surface area contributed by atoms with Gasteiger partial charge in [-0.2, -0.15) is 0 Å². The van der Waals surface area contributed by atoms with Crippen LogP contribution in [0.4, 0.5) is 0 Å². The molecular formula is C15H23NO5. The van der Waals surface area contributed by atoms with Crippen LogP contribution in [0, 0.1) is 0 Å². The van der Waals surface area contributed by atoms with Crippen LogP contribution >= 0.6 is 0 Å². The van der Waals surface area contributed by atoms with Crippen LogP contribution in [0.5, 0.6) is 11.5 Å². The van der Waals surface area contributed by atoms with Crippen LogP contribution < -0.4 is 14.8 Å². The summed E-state index contributed by atoms with van der Waals surface area (Å²) in [5.41, 5.74) is -0.608. The molecular weight excluding hydrogens is 274 g/mol. The molecule has 1 amide bonds. The first-order chi connectivity index (χ1) is 9.91. The van der Waals surface area contributed by atoms with Crippen molar-refractivity contribution in [2.75, 3.05) is 34.5 Å². The molecule has 1 rings (SSSR count). The van der Waals surface area contributed by atoms with Crippen molar-refractivity contribution in [1.82, 2.24) is 5.32 Å². The minimum absolute atomic E-state index is 0.134. The van der Waals surface area contributed by atoms with E-state index in [0.29, 0.717) is 30.1 Å². The molecule has 0 heterocycles. The van der Waals surface area contributed by atoms with Crippen molar-refractivity contribution in [3.05, 3.63) is 23.8 Å². The lowest BCUT2D eigenvalue weighted by Crippen LogP contribution is -2.41. The third-order valence-corrected chi connectivity index (χ3v) is 3.09. The van der Waals surface area contributed by atoms with E-state index >= 15 is 0 Å². The Bertz CT molecular complexity index is 451. The van der Waals surface area contributed by atoms with E-state index in [1.54, 1.807) is 32.2 Å². The zero-order valence-electron chi connectivity index (χ0n) is 12.9. The first-order valence-electron chi connectivity index (χ1n) is 6.64. The molecule has 0 aliphatic carbocycles. The summed E-state index contributed by atoms with van der Waals surface area (Å²) in [5.74, 6) is 0.765. The summed E-state index contributed by atoms with van der Waals surface area (Å²) in [4.78, 5) is 12.1. The molecule has 0 aliphatic rings. The van der Waals surface area contributed by atoms with Crippen LogP contribution in [0.15, 0.2) is 18.2 Å². The number of amides is 1. The number of hydrogen-bond donors (Lipinski definition) is 2. The molecule has 0 radical (unpaired) electrons. The smallest absolute Gasteiger partial charge is 0.251 e. The van der Waals surface area contributed by atoms with Crippen molar-refractivity contribution in [3.63, 3.8) is 0 Å². The first-order valence-corrected chi connectivity index (χ1v) is 6.64. The number of carbonyl (C=O) groups is 1. The zero-order chi connectivity index (χ0) is 15.9. The number of hydrogen-bond acceptors (Lipinski definition) is 5. The molecule has 0 fully saturated rings. The Morgan fingerprint density at radius 3 is 2.24 bits per heavy atom. The lowest BCUT2D eigenvalue weighted by atomic mass is 10.0. The van der Waals surface area contributed by atoms with E-state index in [9.17, 15) is 9.90 Å². The Morgan fingerprint density at radius 2 is 1.76 bits per heavy atom. The van der Waals surface area contributed by atoms with Gasteiger partial charge < -0.3 is 24.6 Å². The number of methoxy groups -OCH3 is 3. The van der Waals surface area contributed by atoms with Gasteiger partial charge in [0.15, 0.2) is 0 Å². The second-order valence-electron chi connectivity index (χ2n) is 5.02.